The van der Waals surface area contributed by atoms with E-state index in [1.807, 2.05) is 0 Å². The maximum absolute atomic E-state index is 13.9. The van der Waals surface area contributed by atoms with Gasteiger partial charge in [-0.1, -0.05) is 19.9 Å². The molecule has 0 saturated heterocycles. The largest absolute Gasteiger partial charge is 0.349 e. The first-order valence-corrected chi connectivity index (χ1v) is 7.53. The highest BCUT2D eigenvalue weighted by Gasteiger charge is 2.27. The fourth-order valence-electron chi connectivity index (χ4n) is 2.81. The van der Waals surface area contributed by atoms with Crippen LogP contribution in [0.1, 0.15) is 43.5 Å². The zero-order valence-electron chi connectivity index (χ0n) is 11.2. The Labute approximate surface area is 121 Å². The number of benzene rings is 1. The van der Waals surface area contributed by atoms with Gasteiger partial charge in [-0.05, 0) is 59.2 Å². The van der Waals surface area contributed by atoms with E-state index in [-0.39, 0.29) is 17.5 Å². The van der Waals surface area contributed by atoms with Crippen LogP contribution in [0, 0.1) is 17.7 Å². The molecule has 104 valence electrons. The van der Waals surface area contributed by atoms with Crippen LogP contribution in [0.25, 0.3) is 0 Å². The number of hydrogen-bond donors (Lipinski definition) is 1. The Kier molecular flexibility index (Phi) is 4.61. The average molecular weight is 328 g/mol. The van der Waals surface area contributed by atoms with Crippen molar-refractivity contribution in [3.63, 3.8) is 0 Å². The maximum Gasteiger partial charge on any atom is 0.254 e. The molecule has 4 heteroatoms. The van der Waals surface area contributed by atoms with E-state index in [1.165, 1.54) is 6.07 Å². The average Bonchev–Trinajstić information content (AvgIpc) is 2.36. The van der Waals surface area contributed by atoms with Gasteiger partial charge in [-0.25, -0.2) is 4.39 Å². The second kappa shape index (κ2) is 6.04. The van der Waals surface area contributed by atoms with E-state index < -0.39 is 5.82 Å². The van der Waals surface area contributed by atoms with Crippen LogP contribution in [0.5, 0.6) is 0 Å². The summed E-state index contributed by atoms with van der Waals surface area (Å²) in [6.07, 6.45) is 3.21. The molecule has 0 aromatic heterocycles. The minimum absolute atomic E-state index is 0.111. The summed E-state index contributed by atoms with van der Waals surface area (Å²) in [5, 5.41) is 2.97. The summed E-state index contributed by atoms with van der Waals surface area (Å²) in [5.74, 6) is 0.357. The number of rotatable bonds is 2. The molecule has 1 aliphatic rings. The second-order valence-corrected chi connectivity index (χ2v) is 6.43. The van der Waals surface area contributed by atoms with Crippen LogP contribution in [-0.2, 0) is 0 Å². The van der Waals surface area contributed by atoms with Crippen LogP contribution < -0.4 is 5.32 Å². The van der Waals surface area contributed by atoms with Gasteiger partial charge in [0.2, 0.25) is 0 Å². The number of nitrogens with one attached hydrogen (secondary N) is 1. The van der Waals surface area contributed by atoms with E-state index >= 15 is 0 Å². The number of carbonyl (C=O) groups excluding carboxylic acids is 1. The quantitative estimate of drug-likeness (QED) is 0.868. The van der Waals surface area contributed by atoms with Crippen LogP contribution in [0.15, 0.2) is 22.7 Å². The van der Waals surface area contributed by atoms with Crippen LogP contribution >= 0.6 is 15.9 Å². The summed E-state index contributed by atoms with van der Waals surface area (Å²) < 4.78 is 14.2. The number of amides is 1. The first-order chi connectivity index (χ1) is 8.99. The standard InChI is InChI=1S/C15H19BrFNO/c1-9-6-7-13(10(2)8-9)18-15(19)11-4-3-5-12(16)14(11)17/h3-5,9-10,13H,6-8H2,1-2H3,(H,18,19). The van der Waals surface area contributed by atoms with E-state index in [2.05, 4.69) is 35.1 Å². The fourth-order valence-corrected chi connectivity index (χ4v) is 3.17. The van der Waals surface area contributed by atoms with Crippen molar-refractivity contribution >= 4 is 21.8 Å². The van der Waals surface area contributed by atoms with Gasteiger partial charge in [0.05, 0.1) is 10.0 Å². The van der Waals surface area contributed by atoms with Crippen molar-refractivity contribution in [1.82, 2.24) is 5.32 Å². The molecule has 3 unspecified atom stereocenters. The van der Waals surface area contributed by atoms with Crippen molar-refractivity contribution < 1.29 is 9.18 Å². The molecule has 1 fully saturated rings. The van der Waals surface area contributed by atoms with Crippen LogP contribution in [0.4, 0.5) is 4.39 Å². The molecular weight excluding hydrogens is 309 g/mol. The minimum Gasteiger partial charge on any atom is -0.349 e. The smallest absolute Gasteiger partial charge is 0.254 e. The Bertz CT molecular complexity index is 477. The predicted octanol–water partition coefficient (Wildman–Crippen LogP) is 4.14. The first-order valence-electron chi connectivity index (χ1n) is 6.74. The maximum atomic E-state index is 13.9. The van der Waals surface area contributed by atoms with Crippen molar-refractivity contribution in [3.05, 3.63) is 34.1 Å². The normalized spacial score (nSPS) is 27.1. The molecule has 0 radical (unpaired) electrons. The molecule has 1 aromatic rings. The van der Waals surface area contributed by atoms with Gasteiger partial charge in [0, 0.05) is 6.04 Å². The lowest BCUT2D eigenvalue weighted by molar-refractivity contribution is 0.0895. The van der Waals surface area contributed by atoms with E-state index in [9.17, 15) is 9.18 Å². The molecule has 1 amide bonds. The van der Waals surface area contributed by atoms with Gasteiger partial charge >= 0.3 is 0 Å². The Morgan fingerprint density at radius 3 is 2.79 bits per heavy atom. The minimum atomic E-state index is -0.489. The van der Waals surface area contributed by atoms with Crippen LogP contribution in [0.2, 0.25) is 0 Å². The zero-order chi connectivity index (χ0) is 14.0. The molecule has 3 atom stereocenters. The molecule has 1 aromatic carbocycles. The van der Waals surface area contributed by atoms with Gasteiger partial charge in [0.25, 0.3) is 5.91 Å². The van der Waals surface area contributed by atoms with Gasteiger partial charge in [0.15, 0.2) is 0 Å². The molecule has 19 heavy (non-hydrogen) atoms. The van der Waals surface area contributed by atoms with E-state index in [1.54, 1.807) is 12.1 Å². The van der Waals surface area contributed by atoms with Gasteiger partial charge in [-0.3, -0.25) is 4.79 Å². The molecule has 0 heterocycles. The summed E-state index contributed by atoms with van der Waals surface area (Å²) in [6.45, 7) is 4.39. The van der Waals surface area contributed by atoms with E-state index in [0.29, 0.717) is 16.3 Å². The third-order valence-electron chi connectivity index (χ3n) is 3.94. The molecular formula is C15H19BrFNO. The zero-order valence-corrected chi connectivity index (χ0v) is 12.8. The molecule has 2 rings (SSSR count). The SMILES string of the molecule is CC1CCC(NC(=O)c2cccc(Br)c2F)C(C)C1. The topological polar surface area (TPSA) is 29.1 Å². The van der Waals surface area contributed by atoms with Gasteiger partial charge in [-0.15, -0.1) is 0 Å². The van der Waals surface area contributed by atoms with Gasteiger partial charge in [-0.2, -0.15) is 0 Å². The lowest BCUT2D eigenvalue weighted by atomic mass is 9.80. The summed E-state index contributed by atoms with van der Waals surface area (Å²) >= 11 is 3.10. The van der Waals surface area contributed by atoms with Gasteiger partial charge in [0.1, 0.15) is 5.82 Å². The Morgan fingerprint density at radius 1 is 1.37 bits per heavy atom. The van der Waals surface area contributed by atoms with Crippen molar-refractivity contribution in [2.75, 3.05) is 0 Å². The molecule has 1 N–H and O–H groups in total. The summed E-state index contributed by atoms with van der Waals surface area (Å²) in [5.41, 5.74) is 0.111. The molecule has 1 aliphatic carbocycles. The Morgan fingerprint density at radius 2 is 2.11 bits per heavy atom. The Balaban J connectivity index is 2.07. The van der Waals surface area contributed by atoms with E-state index in [0.717, 1.165) is 19.3 Å². The molecule has 1 saturated carbocycles. The van der Waals surface area contributed by atoms with Gasteiger partial charge < -0.3 is 5.32 Å². The van der Waals surface area contributed by atoms with Crippen LogP contribution in [0.3, 0.4) is 0 Å². The molecule has 2 nitrogen and oxygen atoms in total. The predicted molar refractivity (Wildman–Crippen MR) is 77.5 cm³/mol. The van der Waals surface area contributed by atoms with Crippen molar-refractivity contribution in [1.29, 1.82) is 0 Å². The number of carbonyl (C=O) groups is 1. The Hall–Kier alpha value is -0.900. The monoisotopic (exact) mass is 327 g/mol. The highest BCUT2D eigenvalue weighted by molar-refractivity contribution is 9.10. The lowest BCUT2D eigenvalue weighted by Crippen LogP contribution is -2.42. The van der Waals surface area contributed by atoms with Crippen molar-refractivity contribution in [2.45, 2.75) is 39.2 Å². The summed E-state index contributed by atoms with van der Waals surface area (Å²) in [6, 6.07) is 4.94. The third-order valence-corrected chi connectivity index (χ3v) is 4.56. The summed E-state index contributed by atoms with van der Waals surface area (Å²) in [7, 11) is 0. The highest BCUT2D eigenvalue weighted by Crippen LogP contribution is 2.29. The first kappa shape index (κ1) is 14.5. The molecule has 0 bridgehead atoms. The van der Waals surface area contributed by atoms with Crippen molar-refractivity contribution in [2.24, 2.45) is 11.8 Å². The highest BCUT2D eigenvalue weighted by atomic mass is 79.9. The second-order valence-electron chi connectivity index (χ2n) is 5.58. The van der Waals surface area contributed by atoms with E-state index in [4.69, 9.17) is 0 Å². The number of halogens is 2. The number of hydrogen-bond acceptors (Lipinski definition) is 1. The third kappa shape index (κ3) is 3.35. The van der Waals surface area contributed by atoms with Crippen molar-refractivity contribution in [3.8, 4) is 0 Å². The van der Waals surface area contributed by atoms with Crippen LogP contribution in [-0.4, -0.2) is 11.9 Å². The molecule has 0 aliphatic heterocycles. The summed E-state index contributed by atoms with van der Waals surface area (Å²) in [4.78, 5) is 12.1. The lowest BCUT2D eigenvalue weighted by Gasteiger charge is -2.33. The molecule has 0 spiro atoms. The fraction of sp³-hybridized carbons (Fsp3) is 0.533.